The molecule has 1 unspecified atom stereocenters. The van der Waals surface area contributed by atoms with Crippen LogP contribution in [0.2, 0.25) is 5.02 Å². The van der Waals surface area contributed by atoms with Crippen molar-refractivity contribution >= 4 is 11.6 Å². The minimum atomic E-state index is -4.40. The number of nitrogens with zero attached hydrogens (tertiary/aromatic N) is 1. The van der Waals surface area contributed by atoms with Crippen LogP contribution in [0.3, 0.4) is 0 Å². The van der Waals surface area contributed by atoms with Crippen molar-refractivity contribution in [2.75, 3.05) is 7.05 Å². The van der Waals surface area contributed by atoms with Gasteiger partial charge in [0.05, 0.1) is 5.56 Å². The van der Waals surface area contributed by atoms with Crippen LogP contribution in [-0.2, 0) is 12.6 Å². The van der Waals surface area contributed by atoms with Crippen LogP contribution in [0, 0.1) is 0 Å². The third kappa shape index (κ3) is 3.95. The molecule has 1 aromatic heterocycles. The third-order valence-corrected chi connectivity index (χ3v) is 3.49. The number of likely N-dealkylation sites (N-methyl/N-ethyl adjacent to an activating group) is 1. The van der Waals surface area contributed by atoms with Crippen molar-refractivity contribution in [3.8, 4) is 0 Å². The zero-order chi connectivity index (χ0) is 15.5. The number of rotatable bonds is 4. The molecule has 0 saturated carbocycles. The minimum absolute atomic E-state index is 0.141. The van der Waals surface area contributed by atoms with Gasteiger partial charge in [0.2, 0.25) is 0 Å². The van der Waals surface area contributed by atoms with Crippen molar-refractivity contribution in [1.29, 1.82) is 0 Å². The molecule has 0 fully saturated rings. The van der Waals surface area contributed by atoms with Crippen LogP contribution in [0.4, 0.5) is 13.2 Å². The molecule has 1 N–H and O–H groups in total. The van der Waals surface area contributed by atoms with Gasteiger partial charge >= 0.3 is 6.18 Å². The maximum Gasteiger partial charge on any atom is 0.416 e. The molecule has 0 aliphatic rings. The molecule has 2 nitrogen and oxygen atoms in total. The lowest BCUT2D eigenvalue weighted by molar-refractivity contribution is -0.138. The molecule has 0 radical (unpaired) electrons. The number of benzene rings is 1. The van der Waals surface area contributed by atoms with Crippen LogP contribution >= 0.6 is 11.6 Å². The maximum absolute atomic E-state index is 13.1. The molecule has 112 valence electrons. The van der Waals surface area contributed by atoms with E-state index in [0.717, 1.165) is 17.8 Å². The van der Waals surface area contributed by atoms with Gasteiger partial charge in [-0.3, -0.25) is 4.98 Å². The van der Waals surface area contributed by atoms with Crippen molar-refractivity contribution in [1.82, 2.24) is 10.3 Å². The van der Waals surface area contributed by atoms with Gasteiger partial charge in [-0.25, -0.2) is 0 Å². The van der Waals surface area contributed by atoms with E-state index < -0.39 is 17.8 Å². The van der Waals surface area contributed by atoms with Crippen LogP contribution in [0.1, 0.15) is 22.7 Å². The summed E-state index contributed by atoms with van der Waals surface area (Å²) in [5, 5.41) is 3.52. The average molecular weight is 315 g/mol. The first kappa shape index (κ1) is 15.8. The van der Waals surface area contributed by atoms with E-state index in [1.165, 1.54) is 6.20 Å². The molecular weight excluding hydrogens is 301 g/mol. The molecule has 6 heteroatoms. The average Bonchev–Trinajstić information content (AvgIpc) is 2.46. The quantitative estimate of drug-likeness (QED) is 0.912. The number of hydrogen-bond donors (Lipinski definition) is 1. The number of alkyl halides is 3. The van der Waals surface area contributed by atoms with E-state index in [9.17, 15) is 13.2 Å². The highest BCUT2D eigenvalue weighted by atomic mass is 35.5. The lowest BCUT2D eigenvalue weighted by atomic mass is 9.96. The molecule has 1 atom stereocenters. The van der Waals surface area contributed by atoms with E-state index in [2.05, 4.69) is 10.3 Å². The van der Waals surface area contributed by atoms with Gasteiger partial charge in [0.25, 0.3) is 0 Å². The monoisotopic (exact) mass is 314 g/mol. The highest BCUT2D eigenvalue weighted by Gasteiger charge is 2.35. The van der Waals surface area contributed by atoms with Crippen molar-refractivity contribution < 1.29 is 13.2 Å². The van der Waals surface area contributed by atoms with Crippen LogP contribution < -0.4 is 5.32 Å². The smallest absolute Gasteiger partial charge is 0.313 e. The van der Waals surface area contributed by atoms with E-state index >= 15 is 0 Å². The summed E-state index contributed by atoms with van der Waals surface area (Å²) < 4.78 is 39.2. The molecule has 2 rings (SSSR count). The van der Waals surface area contributed by atoms with Gasteiger partial charge in [-0.05, 0) is 42.8 Å². The molecular formula is C15H14ClF3N2. The molecule has 0 aliphatic heterocycles. The van der Waals surface area contributed by atoms with E-state index in [-0.39, 0.29) is 5.56 Å². The molecule has 0 spiro atoms. The zero-order valence-corrected chi connectivity index (χ0v) is 12.0. The van der Waals surface area contributed by atoms with Gasteiger partial charge in [0.1, 0.15) is 0 Å². The van der Waals surface area contributed by atoms with Crippen LogP contribution in [0.5, 0.6) is 0 Å². The zero-order valence-electron chi connectivity index (χ0n) is 11.3. The predicted octanol–water partition coefficient (Wildman–Crippen LogP) is 4.26. The maximum atomic E-state index is 13.1. The Morgan fingerprint density at radius 3 is 2.43 bits per heavy atom. The Morgan fingerprint density at radius 1 is 1.19 bits per heavy atom. The second kappa shape index (κ2) is 6.45. The van der Waals surface area contributed by atoms with Crippen molar-refractivity contribution in [3.63, 3.8) is 0 Å². The summed E-state index contributed by atoms with van der Waals surface area (Å²) >= 11 is 5.81. The Kier molecular flexibility index (Phi) is 4.85. The Bertz CT molecular complexity index is 597. The van der Waals surface area contributed by atoms with Crippen molar-refractivity contribution in [2.24, 2.45) is 0 Å². The molecule has 0 amide bonds. The number of hydrogen-bond acceptors (Lipinski definition) is 2. The molecule has 0 bridgehead atoms. The number of aromatic nitrogens is 1. The Hall–Kier alpha value is -1.59. The minimum Gasteiger partial charge on any atom is -0.313 e. The van der Waals surface area contributed by atoms with E-state index in [1.54, 1.807) is 31.3 Å². The van der Waals surface area contributed by atoms with E-state index in [4.69, 9.17) is 11.6 Å². The molecule has 2 aromatic rings. The third-order valence-electron chi connectivity index (χ3n) is 3.23. The van der Waals surface area contributed by atoms with Crippen LogP contribution in [0.15, 0.2) is 42.7 Å². The summed E-state index contributed by atoms with van der Waals surface area (Å²) in [6.07, 6.45) is -1.56. The summed E-state index contributed by atoms with van der Waals surface area (Å²) in [5.41, 5.74) is 0.379. The largest absolute Gasteiger partial charge is 0.416 e. The molecule has 21 heavy (non-hydrogen) atoms. The second-order valence-electron chi connectivity index (χ2n) is 4.63. The van der Waals surface area contributed by atoms with Crippen LogP contribution in [-0.4, -0.2) is 12.0 Å². The highest BCUT2D eigenvalue weighted by Crippen LogP contribution is 2.34. The van der Waals surface area contributed by atoms with E-state index in [0.29, 0.717) is 11.4 Å². The molecule has 1 heterocycles. The predicted molar refractivity (Wildman–Crippen MR) is 76.2 cm³/mol. The van der Waals surface area contributed by atoms with Gasteiger partial charge in [0.15, 0.2) is 0 Å². The lowest BCUT2D eigenvalue weighted by Gasteiger charge is -2.21. The molecule has 0 saturated heterocycles. The normalized spacial score (nSPS) is 13.2. The van der Waals surface area contributed by atoms with Gasteiger partial charge in [-0.2, -0.15) is 13.2 Å². The highest BCUT2D eigenvalue weighted by molar-refractivity contribution is 6.30. The Morgan fingerprint density at radius 2 is 1.86 bits per heavy atom. The Balaban J connectivity index is 2.32. The molecule has 1 aromatic carbocycles. The summed E-state index contributed by atoms with van der Waals surface area (Å²) in [5.74, 6) is 0. The van der Waals surface area contributed by atoms with Crippen LogP contribution in [0.25, 0.3) is 0 Å². The van der Waals surface area contributed by atoms with Gasteiger partial charge in [-0.1, -0.05) is 23.7 Å². The number of halogens is 4. The summed E-state index contributed by atoms with van der Waals surface area (Å²) in [7, 11) is 1.63. The van der Waals surface area contributed by atoms with Crippen molar-refractivity contribution in [3.05, 3.63) is 64.4 Å². The lowest BCUT2D eigenvalue weighted by Crippen LogP contribution is -2.23. The summed E-state index contributed by atoms with van der Waals surface area (Å²) in [4.78, 5) is 3.82. The second-order valence-corrected chi connectivity index (χ2v) is 5.07. The van der Waals surface area contributed by atoms with E-state index in [1.807, 2.05) is 0 Å². The first-order valence-corrected chi connectivity index (χ1v) is 6.72. The first-order chi connectivity index (χ1) is 9.91. The fourth-order valence-electron chi connectivity index (χ4n) is 2.17. The number of pyridine rings is 1. The van der Waals surface area contributed by atoms with Gasteiger partial charge in [-0.15, -0.1) is 0 Å². The first-order valence-electron chi connectivity index (χ1n) is 6.34. The Labute approximate surface area is 126 Å². The SMILES string of the molecule is CNC(Cc1ccc(Cl)cc1)c1cnccc1C(F)(F)F. The topological polar surface area (TPSA) is 24.9 Å². The summed E-state index contributed by atoms with van der Waals surface area (Å²) in [6.45, 7) is 0. The van der Waals surface area contributed by atoms with Gasteiger partial charge in [0, 0.05) is 23.5 Å². The van der Waals surface area contributed by atoms with Crippen molar-refractivity contribution in [2.45, 2.75) is 18.6 Å². The fourth-order valence-corrected chi connectivity index (χ4v) is 2.29. The number of nitrogens with one attached hydrogen (secondary N) is 1. The molecule has 0 aliphatic carbocycles. The standard InChI is InChI=1S/C15H14ClF3N2/c1-20-14(8-10-2-4-11(16)5-3-10)12-9-21-7-6-13(12)15(17,18)19/h2-7,9,14,20H,8H2,1H3. The van der Waals surface area contributed by atoms with Gasteiger partial charge < -0.3 is 5.32 Å². The fraction of sp³-hybridized carbons (Fsp3) is 0.267. The summed E-state index contributed by atoms with van der Waals surface area (Å²) in [6, 6.07) is 7.57.